The van der Waals surface area contributed by atoms with E-state index in [1.807, 2.05) is 49.9 Å². The van der Waals surface area contributed by atoms with Crippen molar-refractivity contribution < 1.29 is 23.9 Å². The van der Waals surface area contributed by atoms with Crippen molar-refractivity contribution in [2.75, 3.05) is 33.3 Å². The lowest BCUT2D eigenvalue weighted by molar-refractivity contribution is -0.122. The lowest BCUT2D eigenvalue weighted by Crippen LogP contribution is -2.54. The van der Waals surface area contributed by atoms with Gasteiger partial charge in [0.25, 0.3) is 0 Å². The molecule has 1 aliphatic heterocycles. The second-order valence-corrected chi connectivity index (χ2v) is 7.57. The Morgan fingerprint density at radius 3 is 2.50 bits per heavy atom. The molecule has 3 N–H and O–H groups in total. The smallest absolute Gasteiger partial charge is 0.410 e. The van der Waals surface area contributed by atoms with E-state index >= 15 is 0 Å². The zero-order valence-corrected chi connectivity index (χ0v) is 16.7. The quantitative estimate of drug-likeness (QED) is 0.802. The number of piperazine rings is 1. The van der Waals surface area contributed by atoms with Gasteiger partial charge in [0.1, 0.15) is 11.4 Å². The summed E-state index contributed by atoms with van der Waals surface area (Å²) in [5, 5.41) is 2.08. The Morgan fingerprint density at radius 2 is 1.89 bits per heavy atom. The fourth-order valence-electron chi connectivity index (χ4n) is 3.10. The molecule has 0 spiro atoms. The summed E-state index contributed by atoms with van der Waals surface area (Å²) >= 11 is 0. The number of hydrogen-bond acceptors (Lipinski definition) is 6. The van der Waals surface area contributed by atoms with Gasteiger partial charge in [-0.2, -0.15) is 0 Å². The molecule has 1 aliphatic rings. The number of carbonyl (C=O) groups is 3. The molecule has 0 aliphatic carbocycles. The zero-order valence-electron chi connectivity index (χ0n) is 16.7. The Morgan fingerprint density at radius 1 is 1.21 bits per heavy atom. The van der Waals surface area contributed by atoms with Gasteiger partial charge in [0.05, 0.1) is 19.7 Å². The lowest BCUT2D eigenvalue weighted by atomic mass is 10.0. The van der Waals surface area contributed by atoms with Crippen LogP contribution in [0.5, 0.6) is 5.75 Å². The number of nitrogens with two attached hydrogens (primary N) is 1. The van der Waals surface area contributed by atoms with E-state index in [1.54, 1.807) is 12.0 Å². The van der Waals surface area contributed by atoms with Gasteiger partial charge in [-0.3, -0.25) is 15.0 Å². The van der Waals surface area contributed by atoms with E-state index in [-0.39, 0.29) is 12.6 Å². The number of urea groups is 1. The van der Waals surface area contributed by atoms with Crippen LogP contribution in [0.1, 0.15) is 32.4 Å². The highest BCUT2D eigenvalue weighted by molar-refractivity contribution is 5.94. The number of ether oxygens (including phenoxy) is 2. The highest BCUT2D eigenvalue weighted by Gasteiger charge is 2.35. The van der Waals surface area contributed by atoms with E-state index in [0.29, 0.717) is 25.4 Å². The number of rotatable bonds is 4. The van der Waals surface area contributed by atoms with Gasteiger partial charge in [0.15, 0.2) is 0 Å². The van der Waals surface area contributed by atoms with Crippen LogP contribution in [0.4, 0.5) is 9.59 Å². The average Bonchev–Trinajstić information content (AvgIpc) is 2.59. The van der Waals surface area contributed by atoms with Crippen LogP contribution in [0.15, 0.2) is 24.3 Å². The van der Waals surface area contributed by atoms with E-state index in [4.69, 9.17) is 15.2 Å². The summed E-state index contributed by atoms with van der Waals surface area (Å²) < 4.78 is 10.9. The van der Waals surface area contributed by atoms with Crippen LogP contribution in [0.2, 0.25) is 0 Å². The Balaban J connectivity index is 2.25. The second kappa shape index (κ2) is 8.92. The minimum Gasteiger partial charge on any atom is -0.496 e. The predicted octanol–water partition coefficient (Wildman–Crippen LogP) is 1.48. The Kier molecular flexibility index (Phi) is 6.85. The standard InChI is InChI=1S/C19H28N4O5/c1-19(2,3)28-18(26)23-10-9-22(12-16(24)21-17(20)25)14(11-23)13-7-5-6-8-15(13)27-4/h5-8,14H,9-12H2,1-4H3,(H3,20,21,24,25)/t14-/m1/s1. The van der Waals surface area contributed by atoms with Crippen molar-refractivity contribution in [1.82, 2.24) is 15.1 Å². The molecule has 0 saturated carbocycles. The first-order valence-electron chi connectivity index (χ1n) is 9.05. The molecule has 2 rings (SSSR count). The monoisotopic (exact) mass is 392 g/mol. The predicted molar refractivity (Wildman–Crippen MR) is 103 cm³/mol. The fourth-order valence-corrected chi connectivity index (χ4v) is 3.10. The number of benzene rings is 1. The molecule has 0 radical (unpaired) electrons. The van der Waals surface area contributed by atoms with Gasteiger partial charge in [-0.05, 0) is 26.8 Å². The van der Waals surface area contributed by atoms with Gasteiger partial charge in [0, 0.05) is 25.2 Å². The van der Waals surface area contributed by atoms with Crippen LogP contribution in [0.25, 0.3) is 0 Å². The van der Waals surface area contributed by atoms with E-state index < -0.39 is 23.6 Å². The van der Waals surface area contributed by atoms with Gasteiger partial charge in [-0.15, -0.1) is 0 Å². The highest BCUT2D eigenvalue weighted by atomic mass is 16.6. The molecule has 28 heavy (non-hydrogen) atoms. The molecule has 1 saturated heterocycles. The summed E-state index contributed by atoms with van der Waals surface area (Å²) in [4.78, 5) is 39.1. The largest absolute Gasteiger partial charge is 0.496 e. The number of hydrogen-bond donors (Lipinski definition) is 2. The van der Waals surface area contributed by atoms with Crippen LogP contribution in [0.3, 0.4) is 0 Å². The van der Waals surface area contributed by atoms with E-state index in [9.17, 15) is 14.4 Å². The summed E-state index contributed by atoms with van der Waals surface area (Å²) in [6, 6.07) is 6.22. The fraction of sp³-hybridized carbons (Fsp3) is 0.526. The summed E-state index contributed by atoms with van der Waals surface area (Å²) in [7, 11) is 1.57. The first-order valence-corrected chi connectivity index (χ1v) is 9.05. The van der Waals surface area contributed by atoms with Gasteiger partial charge in [-0.25, -0.2) is 9.59 Å². The Bertz CT molecular complexity index is 731. The van der Waals surface area contributed by atoms with Gasteiger partial charge in [-0.1, -0.05) is 18.2 Å². The third kappa shape index (κ3) is 5.85. The number of nitrogens with zero attached hydrogens (tertiary/aromatic N) is 2. The third-order valence-electron chi connectivity index (χ3n) is 4.25. The van der Waals surface area contributed by atoms with Crippen LogP contribution in [-0.4, -0.2) is 66.7 Å². The molecule has 9 heteroatoms. The molecular weight excluding hydrogens is 364 g/mol. The topological polar surface area (TPSA) is 114 Å². The minimum absolute atomic E-state index is 0.0339. The number of primary amides is 1. The molecule has 0 bridgehead atoms. The van der Waals surface area contributed by atoms with Crippen LogP contribution < -0.4 is 15.8 Å². The normalized spacial score (nSPS) is 17.7. The first-order chi connectivity index (χ1) is 13.1. The number of para-hydroxylation sites is 1. The van der Waals surface area contributed by atoms with Crippen molar-refractivity contribution in [2.24, 2.45) is 5.73 Å². The second-order valence-electron chi connectivity index (χ2n) is 7.57. The molecule has 0 aromatic heterocycles. The summed E-state index contributed by atoms with van der Waals surface area (Å²) in [5.41, 5.74) is 5.27. The van der Waals surface area contributed by atoms with Crippen LogP contribution in [-0.2, 0) is 9.53 Å². The SMILES string of the molecule is COc1ccccc1[C@H]1CN(C(=O)OC(C)(C)C)CCN1CC(=O)NC(N)=O. The van der Waals surface area contributed by atoms with Gasteiger partial charge >= 0.3 is 12.1 Å². The van der Waals surface area contributed by atoms with Crippen molar-refractivity contribution in [1.29, 1.82) is 0 Å². The maximum Gasteiger partial charge on any atom is 0.410 e. The van der Waals surface area contributed by atoms with Gasteiger partial charge in [0.2, 0.25) is 5.91 Å². The molecule has 0 unspecified atom stereocenters. The lowest BCUT2D eigenvalue weighted by Gasteiger charge is -2.41. The number of nitrogens with one attached hydrogen (secondary N) is 1. The molecule has 1 fully saturated rings. The molecule has 1 aromatic carbocycles. The average molecular weight is 392 g/mol. The maximum atomic E-state index is 12.5. The Hall–Kier alpha value is -2.81. The zero-order chi connectivity index (χ0) is 20.9. The summed E-state index contributed by atoms with van der Waals surface area (Å²) in [6.45, 7) is 6.54. The number of carbonyl (C=O) groups excluding carboxylic acids is 3. The van der Waals surface area contributed by atoms with Crippen molar-refractivity contribution in [3.63, 3.8) is 0 Å². The number of methoxy groups -OCH3 is 1. The third-order valence-corrected chi connectivity index (χ3v) is 4.25. The molecule has 9 nitrogen and oxygen atoms in total. The van der Waals surface area contributed by atoms with Crippen LogP contribution >= 0.6 is 0 Å². The Labute approximate surface area is 164 Å². The van der Waals surface area contributed by atoms with Crippen molar-refractivity contribution >= 4 is 18.0 Å². The minimum atomic E-state index is -0.897. The number of imide groups is 1. The van der Waals surface area contributed by atoms with E-state index in [0.717, 1.165) is 5.56 Å². The molecule has 1 heterocycles. The van der Waals surface area contributed by atoms with E-state index in [1.165, 1.54) is 0 Å². The molecule has 4 amide bonds. The van der Waals surface area contributed by atoms with Crippen LogP contribution in [0, 0.1) is 0 Å². The molecule has 1 aromatic rings. The first kappa shape index (κ1) is 21.5. The molecule has 1 atom stereocenters. The van der Waals surface area contributed by atoms with Gasteiger partial charge < -0.3 is 20.1 Å². The molecular formula is C19H28N4O5. The summed E-state index contributed by atoms with van der Waals surface area (Å²) in [5.74, 6) is 0.150. The number of amides is 4. The summed E-state index contributed by atoms with van der Waals surface area (Å²) in [6.07, 6.45) is -0.409. The highest BCUT2D eigenvalue weighted by Crippen LogP contribution is 2.32. The van der Waals surface area contributed by atoms with Crippen molar-refractivity contribution in [2.45, 2.75) is 32.4 Å². The van der Waals surface area contributed by atoms with Crippen molar-refractivity contribution in [3.8, 4) is 5.75 Å². The van der Waals surface area contributed by atoms with E-state index in [2.05, 4.69) is 5.32 Å². The maximum absolute atomic E-state index is 12.5. The molecule has 154 valence electrons. The van der Waals surface area contributed by atoms with Crippen molar-refractivity contribution in [3.05, 3.63) is 29.8 Å².